The van der Waals surface area contributed by atoms with Crippen molar-refractivity contribution in [3.05, 3.63) is 105 Å². The highest BCUT2D eigenvalue weighted by molar-refractivity contribution is 7.98. The van der Waals surface area contributed by atoms with Gasteiger partial charge in [0.05, 0.1) is 17.3 Å². The first kappa shape index (κ1) is 26.2. The third-order valence-electron chi connectivity index (χ3n) is 5.55. The van der Waals surface area contributed by atoms with Gasteiger partial charge in [-0.05, 0) is 59.0 Å². The summed E-state index contributed by atoms with van der Waals surface area (Å²) in [6.07, 6.45) is 0. The van der Waals surface area contributed by atoms with Crippen LogP contribution in [0.5, 0.6) is 0 Å². The third kappa shape index (κ3) is 6.27. The zero-order valence-electron chi connectivity index (χ0n) is 20.1. The van der Waals surface area contributed by atoms with Crippen LogP contribution in [0.4, 0.5) is 4.39 Å². The summed E-state index contributed by atoms with van der Waals surface area (Å²) in [5, 5.41) is 13.1. The number of rotatable bonds is 7. The second-order valence-corrected chi connectivity index (χ2v) is 11.0. The number of thioether (sulfide) groups is 1. The Morgan fingerprint density at radius 2 is 1.69 bits per heavy atom. The molecule has 186 valence electrons. The Morgan fingerprint density at radius 1 is 1.00 bits per heavy atom. The Bertz CT molecular complexity index is 1370. The van der Waals surface area contributed by atoms with Crippen molar-refractivity contribution in [3.63, 3.8) is 0 Å². The minimum Gasteiger partial charge on any atom is -0.345 e. The van der Waals surface area contributed by atoms with Crippen LogP contribution in [-0.4, -0.2) is 20.7 Å². The van der Waals surface area contributed by atoms with E-state index in [1.165, 1.54) is 23.9 Å². The van der Waals surface area contributed by atoms with E-state index in [0.29, 0.717) is 38.0 Å². The molecule has 1 N–H and O–H groups in total. The molecule has 1 amide bonds. The molecule has 9 heteroatoms. The molecule has 0 unspecified atom stereocenters. The highest BCUT2D eigenvalue weighted by Crippen LogP contribution is 2.31. The zero-order chi connectivity index (χ0) is 25.9. The SMILES string of the molecule is CC(C)(C)c1ccc(C(=O)NCc2nnc(SCc3ccc(F)cc3)n2-c2cc(Cl)ccc2Cl)cc1. The first-order chi connectivity index (χ1) is 17.1. The summed E-state index contributed by atoms with van der Waals surface area (Å²) in [6.45, 7) is 6.51. The summed E-state index contributed by atoms with van der Waals surface area (Å²) in [7, 11) is 0. The molecular formula is C27H25Cl2FN4OS. The lowest BCUT2D eigenvalue weighted by atomic mass is 9.87. The fourth-order valence-corrected chi connectivity index (χ4v) is 4.81. The molecule has 0 bridgehead atoms. The summed E-state index contributed by atoms with van der Waals surface area (Å²) in [4.78, 5) is 12.8. The normalized spacial score (nSPS) is 11.5. The standard InChI is InChI=1S/C27H25Cl2FN4OS/c1-27(2,3)19-8-6-18(7-9-19)25(35)31-15-24-32-33-26(36-16-17-4-11-21(30)12-5-17)34(24)23-14-20(28)10-13-22(23)29/h4-14H,15-16H2,1-3H3,(H,31,35). The molecule has 0 aliphatic carbocycles. The van der Waals surface area contributed by atoms with Gasteiger partial charge in [-0.25, -0.2) is 4.39 Å². The van der Waals surface area contributed by atoms with Crippen LogP contribution in [-0.2, 0) is 17.7 Å². The summed E-state index contributed by atoms with van der Waals surface area (Å²) < 4.78 is 15.1. The van der Waals surface area contributed by atoms with Crippen LogP contribution in [0, 0.1) is 5.82 Å². The molecule has 1 heterocycles. The second-order valence-electron chi connectivity index (χ2n) is 9.26. The van der Waals surface area contributed by atoms with E-state index in [9.17, 15) is 9.18 Å². The number of nitrogens with zero attached hydrogens (tertiary/aromatic N) is 3. The predicted octanol–water partition coefficient (Wildman–Crippen LogP) is 7.23. The van der Waals surface area contributed by atoms with E-state index in [1.807, 2.05) is 24.3 Å². The first-order valence-corrected chi connectivity index (χ1v) is 13.0. The van der Waals surface area contributed by atoms with Crippen molar-refractivity contribution in [3.8, 4) is 5.69 Å². The van der Waals surface area contributed by atoms with Crippen LogP contribution in [0.3, 0.4) is 0 Å². The number of benzene rings is 3. The van der Waals surface area contributed by atoms with E-state index in [4.69, 9.17) is 23.2 Å². The van der Waals surface area contributed by atoms with Crippen LogP contribution >= 0.6 is 35.0 Å². The number of hydrogen-bond acceptors (Lipinski definition) is 4. The van der Waals surface area contributed by atoms with Gasteiger partial charge in [-0.3, -0.25) is 9.36 Å². The van der Waals surface area contributed by atoms with Crippen LogP contribution < -0.4 is 5.32 Å². The van der Waals surface area contributed by atoms with Gasteiger partial charge in [0.15, 0.2) is 11.0 Å². The Labute approximate surface area is 224 Å². The Hall–Kier alpha value is -2.87. The molecule has 36 heavy (non-hydrogen) atoms. The fourth-order valence-electron chi connectivity index (χ4n) is 3.52. The zero-order valence-corrected chi connectivity index (χ0v) is 22.4. The van der Waals surface area contributed by atoms with E-state index in [2.05, 4.69) is 36.3 Å². The van der Waals surface area contributed by atoms with Crippen molar-refractivity contribution in [1.29, 1.82) is 0 Å². The van der Waals surface area contributed by atoms with Gasteiger partial charge < -0.3 is 5.32 Å². The Kier molecular flexibility index (Phi) is 8.03. The number of carbonyl (C=O) groups is 1. The fraction of sp³-hybridized carbons (Fsp3) is 0.222. The van der Waals surface area contributed by atoms with Gasteiger partial charge in [-0.15, -0.1) is 10.2 Å². The van der Waals surface area contributed by atoms with Crippen molar-refractivity contribution < 1.29 is 9.18 Å². The van der Waals surface area contributed by atoms with Gasteiger partial charge in [0.1, 0.15) is 5.82 Å². The van der Waals surface area contributed by atoms with Crippen LogP contribution in [0.1, 0.15) is 48.1 Å². The van der Waals surface area contributed by atoms with E-state index in [0.717, 1.165) is 11.1 Å². The van der Waals surface area contributed by atoms with Crippen LogP contribution in [0.15, 0.2) is 71.9 Å². The van der Waals surface area contributed by atoms with Gasteiger partial charge in [0, 0.05) is 16.3 Å². The number of carbonyl (C=O) groups excluding carboxylic acids is 1. The summed E-state index contributed by atoms with van der Waals surface area (Å²) in [5.74, 6) is 0.537. The van der Waals surface area contributed by atoms with E-state index in [1.54, 1.807) is 34.9 Å². The van der Waals surface area contributed by atoms with Gasteiger partial charge >= 0.3 is 0 Å². The Morgan fingerprint density at radius 3 is 2.36 bits per heavy atom. The van der Waals surface area contributed by atoms with Gasteiger partial charge in [0.2, 0.25) is 0 Å². The largest absolute Gasteiger partial charge is 0.345 e. The molecule has 0 saturated heterocycles. The maximum Gasteiger partial charge on any atom is 0.251 e. The molecule has 5 nitrogen and oxygen atoms in total. The topological polar surface area (TPSA) is 59.8 Å². The summed E-state index contributed by atoms with van der Waals surface area (Å²) in [6, 6.07) is 19.0. The van der Waals surface area contributed by atoms with Gasteiger partial charge in [0.25, 0.3) is 5.91 Å². The quantitative estimate of drug-likeness (QED) is 0.250. The Balaban J connectivity index is 1.57. The highest BCUT2D eigenvalue weighted by atomic mass is 35.5. The molecule has 3 aromatic carbocycles. The van der Waals surface area contributed by atoms with Crippen molar-refractivity contribution in [2.24, 2.45) is 0 Å². The van der Waals surface area contributed by atoms with Crippen LogP contribution in [0.2, 0.25) is 10.0 Å². The van der Waals surface area contributed by atoms with E-state index < -0.39 is 0 Å². The van der Waals surface area contributed by atoms with E-state index in [-0.39, 0.29) is 23.7 Å². The molecule has 0 atom stereocenters. The smallest absolute Gasteiger partial charge is 0.251 e. The first-order valence-electron chi connectivity index (χ1n) is 11.3. The molecule has 0 aliphatic rings. The molecule has 4 aromatic rings. The number of nitrogens with one attached hydrogen (secondary N) is 1. The molecule has 0 aliphatic heterocycles. The lowest BCUT2D eigenvalue weighted by Gasteiger charge is -2.19. The molecular weight excluding hydrogens is 518 g/mol. The predicted molar refractivity (Wildman–Crippen MR) is 144 cm³/mol. The van der Waals surface area contributed by atoms with E-state index >= 15 is 0 Å². The monoisotopic (exact) mass is 542 g/mol. The maximum atomic E-state index is 13.3. The van der Waals surface area contributed by atoms with Crippen molar-refractivity contribution in [1.82, 2.24) is 20.1 Å². The second kappa shape index (κ2) is 11.0. The lowest BCUT2D eigenvalue weighted by molar-refractivity contribution is 0.0949. The number of amides is 1. The highest BCUT2D eigenvalue weighted by Gasteiger charge is 2.19. The maximum absolute atomic E-state index is 13.3. The summed E-state index contributed by atoms with van der Waals surface area (Å²) >= 11 is 14.2. The molecule has 0 spiro atoms. The number of halogens is 3. The molecule has 0 saturated carbocycles. The lowest BCUT2D eigenvalue weighted by Crippen LogP contribution is -2.25. The molecule has 0 fully saturated rings. The van der Waals surface area contributed by atoms with Crippen LogP contribution in [0.25, 0.3) is 5.69 Å². The molecule has 4 rings (SSSR count). The van der Waals surface area contributed by atoms with Crippen molar-refractivity contribution in [2.45, 2.75) is 43.6 Å². The minimum absolute atomic E-state index is 0.00360. The molecule has 0 radical (unpaired) electrons. The minimum atomic E-state index is -0.288. The average Bonchev–Trinajstić information content (AvgIpc) is 3.25. The molecule has 1 aromatic heterocycles. The van der Waals surface area contributed by atoms with Gasteiger partial charge in [-0.1, -0.05) is 80.0 Å². The number of aromatic nitrogens is 3. The van der Waals surface area contributed by atoms with Crippen molar-refractivity contribution >= 4 is 40.9 Å². The average molecular weight is 543 g/mol. The summed E-state index contributed by atoms with van der Waals surface area (Å²) in [5.41, 5.74) is 3.25. The van der Waals surface area contributed by atoms with Gasteiger partial charge in [-0.2, -0.15) is 0 Å². The third-order valence-corrected chi connectivity index (χ3v) is 7.11. The van der Waals surface area contributed by atoms with Crippen molar-refractivity contribution in [2.75, 3.05) is 0 Å². The number of hydrogen-bond donors (Lipinski definition) is 1.